The Morgan fingerprint density at radius 3 is 2.62 bits per heavy atom. The van der Waals surface area contributed by atoms with Gasteiger partial charge in [-0.25, -0.2) is 0 Å². The van der Waals surface area contributed by atoms with E-state index in [0.29, 0.717) is 6.54 Å². The topological polar surface area (TPSA) is 52.5 Å². The van der Waals surface area contributed by atoms with E-state index in [1.807, 2.05) is 7.05 Å². The molecule has 0 spiro atoms. The van der Waals surface area contributed by atoms with Gasteiger partial charge in [-0.05, 0) is 24.7 Å². The predicted octanol–water partition coefficient (Wildman–Crippen LogP) is 1.29. The second-order valence-corrected chi connectivity index (χ2v) is 3.44. The Labute approximate surface area is 82.8 Å². The average molecular weight is 199 g/mol. The number of phenolic OH excluding ortho intramolecular Hbond substituents is 2. The second-order valence-electron chi connectivity index (χ2n) is 2.82. The zero-order chi connectivity index (χ0) is 9.84. The van der Waals surface area contributed by atoms with Crippen LogP contribution in [-0.2, 0) is 0 Å². The number of phenols is 2. The molecule has 0 aliphatic rings. The SMILES string of the molecule is CNCC(S)c1ccc(O)c(O)c1. The maximum atomic E-state index is 9.21. The van der Waals surface area contributed by atoms with Crippen LogP contribution in [0.25, 0.3) is 0 Å². The molecule has 4 heteroatoms. The summed E-state index contributed by atoms with van der Waals surface area (Å²) >= 11 is 4.33. The number of aromatic hydroxyl groups is 2. The highest BCUT2D eigenvalue weighted by Crippen LogP contribution is 2.29. The summed E-state index contributed by atoms with van der Waals surface area (Å²) in [7, 11) is 1.84. The van der Waals surface area contributed by atoms with Crippen LogP contribution >= 0.6 is 12.6 Å². The van der Waals surface area contributed by atoms with E-state index in [1.54, 1.807) is 6.07 Å². The third-order valence-electron chi connectivity index (χ3n) is 1.78. The first kappa shape index (κ1) is 10.2. The number of benzene rings is 1. The van der Waals surface area contributed by atoms with Gasteiger partial charge in [-0.2, -0.15) is 12.6 Å². The van der Waals surface area contributed by atoms with Crippen LogP contribution in [0.1, 0.15) is 10.8 Å². The maximum Gasteiger partial charge on any atom is 0.157 e. The number of hydrogen-bond donors (Lipinski definition) is 4. The van der Waals surface area contributed by atoms with Crippen molar-refractivity contribution in [2.45, 2.75) is 5.25 Å². The fourth-order valence-corrected chi connectivity index (χ4v) is 1.40. The molecule has 3 N–H and O–H groups in total. The lowest BCUT2D eigenvalue weighted by Crippen LogP contribution is -2.13. The predicted molar refractivity (Wildman–Crippen MR) is 55.4 cm³/mol. The third kappa shape index (κ3) is 2.54. The Morgan fingerprint density at radius 1 is 1.38 bits per heavy atom. The summed E-state index contributed by atoms with van der Waals surface area (Å²) in [5.74, 6) is -0.207. The molecule has 13 heavy (non-hydrogen) atoms. The van der Waals surface area contributed by atoms with E-state index in [0.717, 1.165) is 5.56 Å². The molecule has 0 fully saturated rings. The number of nitrogens with one attached hydrogen (secondary N) is 1. The largest absolute Gasteiger partial charge is 0.504 e. The van der Waals surface area contributed by atoms with E-state index < -0.39 is 0 Å². The lowest BCUT2D eigenvalue weighted by molar-refractivity contribution is 0.403. The summed E-state index contributed by atoms with van der Waals surface area (Å²) in [5.41, 5.74) is 0.882. The minimum Gasteiger partial charge on any atom is -0.504 e. The van der Waals surface area contributed by atoms with Crippen LogP contribution in [0.4, 0.5) is 0 Å². The standard InChI is InChI=1S/C9H13NO2S/c1-10-5-9(13)6-2-3-7(11)8(12)4-6/h2-4,9-13H,5H2,1H3. The van der Waals surface area contributed by atoms with E-state index in [9.17, 15) is 5.11 Å². The molecule has 0 heterocycles. The zero-order valence-electron chi connectivity index (χ0n) is 7.36. The molecule has 0 amide bonds. The van der Waals surface area contributed by atoms with Crippen molar-refractivity contribution in [2.75, 3.05) is 13.6 Å². The van der Waals surface area contributed by atoms with Crippen LogP contribution in [0.15, 0.2) is 18.2 Å². The first-order valence-electron chi connectivity index (χ1n) is 3.99. The molecule has 1 atom stereocenters. The van der Waals surface area contributed by atoms with Crippen LogP contribution in [-0.4, -0.2) is 23.8 Å². The molecular formula is C9H13NO2S. The molecule has 0 aliphatic carbocycles. The van der Waals surface area contributed by atoms with Gasteiger partial charge in [0, 0.05) is 11.8 Å². The summed E-state index contributed by atoms with van der Waals surface area (Å²) in [6, 6.07) is 4.72. The molecule has 3 nitrogen and oxygen atoms in total. The molecular weight excluding hydrogens is 186 g/mol. The van der Waals surface area contributed by atoms with Gasteiger partial charge in [0.2, 0.25) is 0 Å². The van der Waals surface area contributed by atoms with Crippen LogP contribution in [0.3, 0.4) is 0 Å². The highest BCUT2D eigenvalue weighted by molar-refractivity contribution is 7.80. The van der Waals surface area contributed by atoms with Gasteiger partial charge in [-0.1, -0.05) is 6.07 Å². The molecule has 0 radical (unpaired) electrons. The molecule has 1 aromatic carbocycles. The van der Waals surface area contributed by atoms with Gasteiger partial charge in [-0.3, -0.25) is 0 Å². The summed E-state index contributed by atoms with van der Waals surface area (Å²) in [4.78, 5) is 0. The fourth-order valence-electron chi connectivity index (χ4n) is 1.06. The Kier molecular flexibility index (Phi) is 3.45. The Bertz CT molecular complexity index is 291. The van der Waals surface area contributed by atoms with E-state index >= 15 is 0 Å². The van der Waals surface area contributed by atoms with Gasteiger partial charge in [0.25, 0.3) is 0 Å². The van der Waals surface area contributed by atoms with Crippen molar-refractivity contribution in [3.05, 3.63) is 23.8 Å². The van der Waals surface area contributed by atoms with Crippen molar-refractivity contribution in [1.29, 1.82) is 0 Å². The Hall–Kier alpha value is -0.870. The molecule has 0 aromatic heterocycles. The minimum atomic E-state index is -0.104. The number of hydrogen-bond acceptors (Lipinski definition) is 4. The smallest absolute Gasteiger partial charge is 0.157 e. The Morgan fingerprint density at radius 2 is 2.08 bits per heavy atom. The van der Waals surface area contributed by atoms with Crippen molar-refractivity contribution < 1.29 is 10.2 Å². The molecule has 0 saturated carbocycles. The summed E-state index contributed by atoms with van der Waals surface area (Å²) in [6.45, 7) is 0.716. The van der Waals surface area contributed by atoms with Crippen molar-refractivity contribution in [3.63, 3.8) is 0 Å². The first-order valence-corrected chi connectivity index (χ1v) is 4.51. The molecule has 0 aliphatic heterocycles. The van der Waals surface area contributed by atoms with E-state index in [1.165, 1.54) is 12.1 Å². The number of likely N-dealkylation sites (N-methyl/N-ethyl adjacent to an activating group) is 1. The van der Waals surface area contributed by atoms with Gasteiger partial charge < -0.3 is 15.5 Å². The first-order chi connectivity index (χ1) is 6.15. The second kappa shape index (κ2) is 4.39. The van der Waals surface area contributed by atoms with E-state index in [4.69, 9.17) is 5.11 Å². The van der Waals surface area contributed by atoms with E-state index in [2.05, 4.69) is 17.9 Å². The third-order valence-corrected chi connectivity index (χ3v) is 2.26. The van der Waals surface area contributed by atoms with E-state index in [-0.39, 0.29) is 16.7 Å². The number of thiol groups is 1. The Balaban J connectivity index is 2.84. The maximum absolute atomic E-state index is 9.21. The van der Waals surface area contributed by atoms with Gasteiger partial charge in [0.1, 0.15) is 0 Å². The lowest BCUT2D eigenvalue weighted by atomic mass is 10.1. The quantitative estimate of drug-likeness (QED) is 0.438. The van der Waals surface area contributed by atoms with Crippen molar-refractivity contribution in [1.82, 2.24) is 5.32 Å². The average Bonchev–Trinajstić information content (AvgIpc) is 2.10. The monoisotopic (exact) mass is 199 g/mol. The molecule has 1 rings (SSSR count). The number of rotatable bonds is 3. The van der Waals surface area contributed by atoms with Crippen molar-refractivity contribution in [2.24, 2.45) is 0 Å². The summed E-state index contributed by atoms with van der Waals surface area (Å²) in [5, 5.41) is 21.3. The van der Waals surface area contributed by atoms with Crippen LogP contribution < -0.4 is 5.32 Å². The van der Waals surface area contributed by atoms with Crippen LogP contribution in [0.2, 0.25) is 0 Å². The molecule has 72 valence electrons. The highest BCUT2D eigenvalue weighted by atomic mass is 32.1. The van der Waals surface area contributed by atoms with Gasteiger partial charge in [0.05, 0.1) is 0 Å². The zero-order valence-corrected chi connectivity index (χ0v) is 8.25. The van der Waals surface area contributed by atoms with Crippen LogP contribution in [0.5, 0.6) is 11.5 Å². The highest BCUT2D eigenvalue weighted by Gasteiger charge is 2.07. The summed E-state index contributed by atoms with van der Waals surface area (Å²) < 4.78 is 0. The lowest BCUT2D eigenvalue weighted by Gasteiger charge is -2.10. The summed E-state index contributed by atoms with van der Waals surface area (Å²) in [6.07, 6.45) is 0. The molecule has 1 unspecified atom stereocenters. The van der Waals surface area contributed by atoms with Gasteiger partial charge >= 0.3 is 0 Å². The van der Waals surface area contributed by atoms with Crippen LogP contribution in [0, 0.1) is 0 Å². The molecule has 1 aromatic rings. The minimum absolute atomic E-state index is 0.0245. The van der Waals surface area contributed by atoms with Gasteiger partial charge in [-0.15, -0.1) is 0 Å². The van der Waals surface area contributed by atoms with Gasteiger partial charge in [0.15, 0.2) is 11.5 Å². The van der Waals surface area contributed by atoms with Crippen molar-refractivity contribution >= 4 is 12.6 Å². The fraction of sp³-hybridized carbons (Fsp3) is 0.333. The molecule has 0 bridgehead atoms. The normalized spacial score (nSPS) is 12.8. The van der Waals surface area contributed by atoms with Crippen molar-refractivity contribution in [3.8, 4) is 11.5 Å². The molecule has 0 saturated heterocycles.